The molecular formula is C12H21N3. The summed E-state index contributed by atoms with van der Waals surface area (Å²) < 4.78 is 1.97. The first-order valence-electron chi connectivity index (χ1n) is 5.94. The maximum Gasteiger partial charge on any atom is 0.124 e. The molecule has 1 saturated carbocycles. The lowest BCUT2D eigenvalue weighted by atomic mass is 9.82. The van der Waals surface area contributed by atoms with E-state index in [-0.39, 0.29) is 0 Å². The Morgan fingerprint density at radius 3 is 2.93 bits per heavy atom. The molecule has 15 heavy (non-hydrogen) atoms. The number of aryl methyl sites for hydroxylation is 1. The zero-order valence-corrected chi connectivity index (χ0v) is 9.74. The van der Waals surface area contributed by atoms with Crippen LogP contribution >= 0.6 is 0 Å². The summed E-state index contributed by atoms with van der Waals surface area (Å²) in [7, 11) is 0. The molecule has 0 saturated heterocycles. The van der Waals surface area contributed by atoms with E-state index in [2.05, 4.69) is 12.0 Å². The molecule has 0 aliphatic heterocycles. The highest BCUT2D eigenvalue weighted by atomic mass is 15.3. The molecule has 0 radical (unpaired) electrons. The Balaban J connectivity index is 1.99. The van der Waals surface area contributed by atoms with E-state index in [0.29, 0.717) is 0 Å². The van der Waals surface area contributed by atoms with Crippen molar-refractivity contribution in [2.75, 3.05) is 5.73 Å². The Morgan fingerprint density at radius 1 is 1.53 bits per heavy atom. The molecular weight excluding hydrogens is 186 g/mol. The number of rotatable bonds is 2. The monoisotopic (exact) mass is 207 g/mol. The number of hydrogen-bond acceptors (Lipinski definition) is 2. The first-order valence-corrected chi connectivity index (χ1v) is 5.94. The van der Waals surface area contributed by atoms with Crippen LogP contribution in [0.25, 0.3) is 0 Å². The largest absolute Gasteiger partial charge is 0.384 e. The van der Waals surface area contributed by atoms with Gasteiger partial charge >= 0.3 is 0 Å². The second kappa shape index (κ2) is 4.25. The third kappa shape index (κ3) is 2.33. The van der Waals surface area contributed by atoms with E-state index in [4.69, 9.17) is 5.73 Å². The number of anilines is 1. The normalized spacial score (nSPS) is 26.8. The SMILES string of the molecule is Cc1cnn(CC2CCCC(C)C2)c1N. The molecule has 2 N–H and O–H groups in total. The zero-order valence-electron chi connectivity index (χ0n) is 9.74. The van der Waals surface area contributed by atoms with Crippen molar-refractivity contribution < 1.29 is 0 Å². The Morgan fingerprint density at radius 2 is 2.33 bits per heavy atom. The predicted molar refractivity (Wildman–Crippen MR) is 62.5 cm³/mol. The van der Waals surface area contributed by atoms with Crippen molar-refractivity contribution in [3.8, 4) is 0 Å². The van der Waals surface area contributed by atoms with Crippen molar-refractivity contribution in [3.63, 3.8) is 0 Å². The van der Waals surface area contributed by atoms with Crippen LogP contribution in [-0.4, -0.2) is 9.78 Å². The van der Waals surface area contributed by atoms with Gasteiger partial charge in [0.2, 0.25) is 0 Å². The van der Waals surface area contributed by atoms with E-state index in [1.165, 1.54) is 25.7 Å². The summed E-state index contributed by atoms with van der Waals surface area (Å²) in [5, 5.41) is 4.33. The summed E-state index contributed by atoms with van der Waals surface area (Å²) in [6, 6.07) is 0. The number of nitrogens with zero attached hydrogens (tertiary/aromatic N) is 2. The minimum atomic E-state index is 0.773. The highest BCUT2D eigenvalue weighted by Crippen LogP contribution is 2.30. The average molecular weight is 207 g/mol. The molecule has 0 spiro atoms. The molecule has 1 aromatic rings. The van der Waals surface area contributed by atoms with Gasteiger partial charge in [-0.05, 0) is 31.6 Å². The van der Waals surface area contributed by atoms with Crippen molar-refractivity contribution in [1.29, 1.82) is 0 Å². The van der Waals surface area contributed by atoms with Crippen LogP contribution in [0.3, 0.4) is 0 Å². The fourth-order valence-electron chi connectivity index (χ4n) is 2.60. The Hall–Kier alpha value is -0.990. The minimum absolute atomic E-state index is 0.773. The maximum atomic E-state index is 5.95. The fraction of sp³-hybridized carbons (Fsp3) is 0.750. The lowest BCUT2D eigenvalue weighted by Crippen LogP contribution is -2.20. The lowest BCUT2D eigenvalue weighted by Gasteiger charge is -2.26. The van der Waals surface area contributed by atoms with Crippen molar-refractivity contribution >= 4 is 5.82 Å². The smallest absolute Gasteiger partial charge is 0.124 e. The molecule has 3 nitrogen and oxygen atoms in total. The van der Waals surface area contributed by atoms with E-state index in [0.717, 1.165) is 29.8 Å². The third-order valence-corrected chi connectivity index (χ3v) is 3.55. The van der Waals surface area contributed by atoms with Crippen LogP contribution in [0.5, 0.6) is 0 Å². The summed E-state index contributed by atoms with van der Waals surface area (Å²) in [5.74, 6) is 2.49. The van der Waals surface area contributed by atoms with Gasteiger partial charge in [0.15, 0.2) is 0 Å². The molecule has 0 aromatic carbocycles. The van der Waals surface area contributed by atoms with Crippen molar-refractivity contribution in [1.82, 2.24) is 9.78 Å². The number of aromatic nitrogens is 2. The van der Waals surface area contributed by atoms with E-state index in [9.17, 15) is 0 Å². The Labute approximate surface area is 91.7 Å². The fourth-order valence-corrected chi connectivity index (χ4v) is 2.60. The predicted octanol–water partition coefficient (Wildman–Crippen LogP) is 2.60. The van der Waals surface area contributed by atoms with Gasteiger partial charge in [0, 0.05) is 12.1 Å². The van der Waals surface area contributed by atoms with Gasteiger partial charge in [-0.3, -0.25) is 0 Å². The van der Waals surface area contributed by atoms with Gasteiger partial charge in [-0.2, -0.15) is 5.10 Å². The first-order chi connectivity index (χ1) is 7.16. The topological polar surface area (TPSA) is 43.8 Å². The van der Waals surface area contributed by atoms with Gasteiger partial charge in [0.05, 0.1) is 6.20 Å². The van der Waals surface area contributed by atoms with Gasteiger partial charge < -0.3 is 5.73 Å². The van der Waals surface area contributed by atoms with Crippen LogP contribution in [0, 0.1) is 18.8 Å². The molecule has 1 heterocycles. The van der Waals surface area contributed by atoms with E-state index >= 15 is 0 Å². The van der Waals surface area contributed by atoms with Gasteiger partial charge in [-0.1, -0.05) is 19.8 Å². The average Bonchev–Trinajstić information content (AvgIpc) is 2.50. The molecule has 2 rings (SSSR count). The zero-order chi connectivity index (χ0) is 10.8. The summed E-state index contributed by atoms with van der Waals surface area (Å²) in [6.07, 6.45) is 7.29. The van der Waals surface area contributed by atoms with Crippen LogP contribution < -0.4 is 5.73 Å². The van der Waals surface area contributed by atoms with E-state index in [1.54, 1.807) is 0 Å². The summed E-state index contributed by atoms with van der Waals surface area (Å²) in [5.41, 5.74) is 7.05. The summed E-state index contributed by atoms with van der Waals surface area (Å²) in [6.45, 7) is 5.37. The van der Waals surface area contributed by atoms with E-state index in [1.807, 2.05) is 17.8 Å². The van der Waals surface area contributed by atoms with Crippen LogP contribution in [-0.2, 0) is 6.54 Å². The highest BCUT2D eigenvalue weighted by Gasteiger charge is 2.20. The maximum absolute atomic E-state index is 5.95. The van der Waals surface area contributed by atoms with Crippen molar-refractivity contribution in [2.45, 2.75) is 46.1 Å². The molecule has 0 bridgehead atoms. The molecule has 0 amide bonds. The molecule has 3 heteroatoms. The first kappa shape index (κ1) is 10.5. The summed E-state index contributed by atoms with van der Waals surface area (Å²) >= 11 is 0. The van der Waals surface area contributed by atoms with Gasteiger partial charge in [0.1, 0.15) is 5.82 Å². The van der Waals surface area contributed by atoms with Crippen molar-refractivity contribution in [3.05, 3.63) is 11.8 Å². The standard InChI is InChI=1S/C12H21N3/c1-9-4-3-5-11(6-9)8-15-12(13)10(2)7-14-15/h7,9,11H,3-6,8,13H2,1-2H3. The second-order valence-corrected chi connectivity index (χ2v) is 5.03. The molecule has 1 aromatic heterocycles. The minimum Gasteiger partial charge on any atom is -0.384 e. The van der Waals surface area contributed by atoms with Gasteiger partial charge in [-0.15, -0.1) is 0 Å². The highest BCUT2D eigenvalue weighted by molar-refractivity contribution is 5.36. The van der Waals surface area contributed by atoms with Gasteiger partial charge in [0.25, 0.3) is 0 Å². The van der Waals surface area contributed by atoms with Crippen molar-refractivity contribution in [2.24, 2.45) is 11.8 Å². The van der Waals surface area contributed by atoms with Crippen LogP contribution in [0.4, 0.5) is 5.82 Å². The number of hydrogen-bond donors (Lipinski definition) is 1. The second-order valence-electron chi connectivity index (χ2n) is 5.03. The molecule has 2 atom stereocenters. The number of nitrogen functional groups attached to an aromatic ring is 1. The number of nitrogens with two attached hydrogens (primary N) is 1. The van der Waals surface area contributed by atoms with Crippen LogP contribution in [0.2, 0.25) is 0 Å². The van der Waals surface area contributed by atoms with Crippen LogP contribution in [0.1, 0.15) is 38.2 Å². The van der Waals surface area contributed by atoms with Gasteiger partial charge in [-0.25, -0.2) is 4.68 Å². The lowest BCUT2D eigenvalue weighted by molar-refractivity contribution is 0.251. The quantitative estimate of drug-likeness (QED) is 0.810. The van der Waals surface area contributed by atoms with Crippen LogP contribution in [0.15, 0.2) is 6.20 Å². The Kier molecular flexibility index (Phi) is 2.98. The van der Waals surface area contributed by atoms with E-state index < -0.39 is 0 Å². The Bertz CT molecular complexity index is 330. The summed E-state index contributed by atoms with van der Waals surface area (Å²) in [4.78, 5) is 0. The molecule has 1 aliphatic rings. The molecule has 2 unspecified atom stereocenters. The third-order valence-electron chi connectivity index (χ3n) is 3.55. The molecule has 1 aliphatic carbocycles. The molecule has 1 fully saturated rings. The molecule has 84 valence electrons.